The van der Waals surface area contributed by atoms with Crippen molar-refractivity contribution in [3.05, 3.63) is 0 Å². The lowest BCUT2D eigenvalue weighted by molar-refractivity contribution is -0.147. The zero-order valence-corrected chi connectivity index (χ0v) is 7.78. The third kappa shape index (κ3) is 4.02. The lowest BCUT2D eigenvalue weighted by atomic mass is 9.99. The van der Waals surface area contributed by atoms with Gasteiger partial charge in [0.2, 0.25) is 0 Å². The van der Waals surface area contributed by atoms with E-state index in [0.29, 0.717) is 0 Å². The summed E-state index contributed by atoms with van der Waals surface area (Å²) in [6.07, 6.45) is -9.91. The van der Waals surface area contributed by atoms with E-state index in [1.165, 1.54) is 0 Å². The van der Waals surface area contributed by atoms with Gasteiger partial charge in [0.05, 0.1) is 13.0 Å². The minimum absolute atomic E-state index is 0.865. The van der Waals surface area contributed by atoms with Crippen LogP contribution in [0.3, 0.4) is 0 Å². The van der Waals surface area contributed by atoms with Gasteiger partial charge in [-0.1, -0.05) is 0 Å². The van der Waals surface area contributed by atoms with Gasteiger partial charge in [-0.2, -0.15) is 0 Å². The van der Waals surface area contributed by atoms with Crippen molar-refractivity contribution in [1.82, 2.24) is 0 Å². The molecule has 0 aliphatic heterocycles. The molecule has 0 rings (SSSR count). The smallest absolute Gasteiger partial charge is 0.171 e. The zero-order valence-electron chi connectivity index (χ0n) is 8.78. The number of carbonyl (C=O) groups is 2. The summed E-state index contributed by atoms with van der Waals surface area (Å²) in [4.78, 5) is 21.2. The molecule has 0 aromatic heterocycles. The van der Waals surface area contributed by atoms with Gasteiger partial charge in [-0.3, -0.25) is 4.79 Å². The van der Waals surface area contributed by atoms with Crippen LogP contribution in [0.25, 0.3) is 0 Å². The molecule has 0 aliphatic rings. The Kier molecular flexibility index (Phi) is 5.37. The van der Waals surface area contributed by atoms with Crippen LogP contribution >= 0.6 is 0 Å². The maximum atomic E-state index is 11.0. The van der Waals surface area contributed by atoms with Crippen LogP contribution < -0.4 is 0 Å². The summed E-state index contributed by atoms with van der Waals surface area (Å²) in [6.45, 7) is -0.865. The first-order chi connectivity index (χ1) is 7.31. The molecule has 0 aromatic carbocycles. The second-order valence-electron chi connectivity index (χ2n) is 2.96. The lowest BCUT2D eigenvalue weighted by Crippen LogP contribution is -2.48. The molecule has 7 nitrogen and oxygen atoms in total. The minimum Gasteiger partial charge on any atom is -0.394 e. The Morgan fingerprint density at radius 2 is 1.80 bits per heavy atom. The molecule has 0 radical (unpaired) electrons. The molecule has 7 heteroatoms. The average Bonchev–Trinajstić information content (AvgIpc) is 2.23. The Morgan fingerprint density at radius 1 is 1.27 bits per heavy atom. The van der Waals surface area contributed by atoms with Crippen LogP contribution in [-0.2, 0) is 9.59 Å². The first-order valence-corrected chi connectivity index (χ1v) is 4.16. The predicted octanol–water partition coefficient (Wildman–Crippen LogP) is -3.42. The minimum atomic E-state index is -2.09. The van der Waals surface area contributed by atoms with E-state index in [0.717, 1.165) is 0 Å². The van der Waals surface area contributed by atoms with Crippen molar-refractivity contribution >= 4 is 12.0 Å². The number of Topliss-reactive ketones (excluding diaryl/α,β-unsaturated/α-hetero) is 1. The van der Waals surface area contributed by atoms with Gasteiger partial charge in [-0.15, -0.1) is 0 Å². The topological polar surface area (TPSA) is 135 Å². The quantitative estimate of drug-likeness (QED) is 0.224. The number of aliphatic hydroxyl groups excluding tert-OH is 5. The maximum absolute atomic E-state index is 11.0. The molecule has 0 fully saturated rings. The van der Waals surface area contributed by atoms with Crippen LogP contribution in [0.5, 0.6) is 0 Å². The molecule has 0 unspecified atom stereocenters. The summed E-state index contributed by atoms with van der Waals surface area (Å²) >= 11 is 0. The molecule has 0 saturated heterocycles. The molecule has 0 aromatic rings. The molecular weight excluding hydrogens is 208 g/mol. The van der Waals surface area contributed by atoms with Crippen LogP contribution in [0.2, 0.25) is 0 Å². The van der Waals surface area contributed by atoms with Crippen molar-refractivity contribution in [1.29, 1.82) is 0 Å². The molecule has 0 spiro atoms. The SMILES string of the molecule is [2H]C(=O)CC(=O)[C@H](O)[C@@H](O)[C@@H](O)[C@H](O)CO. The number of aldehydes is 1. The van der Waals surface area contributed by atoms with Crippen molar-refractivity contribution in [2.75, 3.05) is 6.61 Å². The molecular formula is C8H14O7. The van der Waals surface area contributed by atoms with Crippen molar-refractivity contribution in [2.45, 2.75) is 30.8 Å². The summed E-state index contributed by atoms with van der Waals surface area (Å²) in [5.41, 5.74) is 0. The number of aliphatic hydroxyl groups is 5. The number of hydrogen-bond donors (Lipinski definition) is 5. The molecule has 88 valence electrons. The highest BCUT2D eigenvalue weighted by Crippen LogP contribution is 2.06. The predicted molar refractivity (Wildman–Crippen MR) is 46.8 cm³/mol. The summed E-state index contributed by atoms with van der Waals surface area (Å²) in [5, 5.41) is 44.9. The summed E-state index contributed by atoms with van der Waals surface area (Å²) in [6, 6.07) is 0. The standard InChI is InChI=1S/C8H14O7/c9-2-1-4(11)6(13)8(15)7(14)5(12)3-10/h2,5-8,10,12-15H,1,3H2/t5-,6+,7+,8-/m1/s1/i2D. The highest BCUT2D eigenvalue weighted by Gasteiger charge is 2.33. The van der Waals surface area contributed by atoms with Crippen LogP contribution in [0, 0.1) is 0 Å². The first kappa shape index (κ1) is 12.2. The van der Waals surface area contributed by atoms with E-state index >= 15 is 0 Å². The molecule has 0 saturated carbocycles. The highest BCUT2D eigenvalue weighted by atomic mass is 16.4. The normalized spacial score (nSPS) is 19.9. The number of rotatable bonds is 7. The van der Waals surface area contributed by atoms with Gasteiger partial charge in [0, 0.05) is 0 Å². The summed E-state index contributed by atoms with van der Waals surface area (Å²) < 4.78 is 6.47. The van der Waals surface area contributed by atoms with Crippen molar-refractivity contribution in [3.8, 4) is 0 Å². The molecule has 0 amide bonds. The van der Waals surface area contributed by atoms with Crippen molar-refractivity contribution in [3.63, 3.8) is 0 Å². The molecule has 0 aliphatic carbocycles. The van der Waals surface area contributed by atoms with Gasteiger partial charge in [-0.25, -0.2) is 0 Å². The Morgan fingerprint density at radius 3 is 2.20 bits per heavy atom. The Balaban J connectivity index is 4.42. The van der Waals surface area contributed by atoms with E-state index in [4.69, 9.17) is 21.8 Å². The zero-order chi connectivity index (χ0) is 12.9. The van der Waals surface area contributed by atoms with E-state index < -0.39 is 49.5 Å². The Bertz CT molecular complexity index is 257. The van der Waals surface area contributed by atoms with Gasteiger partial charge in [0.1, 0.15) is 32.0 Å². The van der Waals surface area contributed by atoms with Crippen LogP contribution in [-0.4, -0.2) is 68.6 Å². The number of hydrogen-bond acceptors (Lipinski definition) is 7. The fourth-order valence-corrected chi connectivity index (χ4v) is 0.889. The fraction of sp³-hybridized carbons (Fsp3) is 0.750. The molecule has 0 heterocycles. The second-order valence-corrected chi connectivity index (χ2v) is 2.96. The van der Waals surface area contributed by atoms with Crippen LogP contribution in [0.1, 0.15) is 7.79 Å². The molecule has 5 N–H and O–H groups in total. The van der Waals surface area contributed by atoms with Crippen LogP contribution in [0.4, 0.5) is 0 Å². The monoisotopic (exact) mass is 223 g/mol. The van der Waals surface area contributed by atoms with Gasteiger partial charge in [0.25, 0.3) is 0 Å². The number of carbonyl (C=O) groups excluding carboxylic acids is 2. The lowest BCUT2D eigenvalue weighted by Gasteiger charge is -2.24. The van der Waals surface area contributed by atoms with Gasteiger partial charge in [0.15, 0.2) is 5.78 Å². The third-order valence-corrected chi connectivity index (χ3v) is 1.83. The third-order valence-electron chi connectivity index (χ3n) is 1.83. The van der Waals surface area contributed by atoms with Gasteiger partial charge >= 0.3 is 0 Å². The number of ketones is 1. The first-order valence-electron chi connectivity index (χ1n) is 4.66. The van der Waals surface area contributed by atoms with Gasteiger partial charge < -0.3 is 30.3 Å². The fourth-order valence-electron chi connectivity index (χ4n) is 0.889. The van der Waals surface area contributed by atoms with E-state index in [2.05, 4.69) is 0 Å². The average molecular weight is 223 g/mol. The van der Waals surface area contributed by atoms with Crippen LogP contribution in [0.15, 0.2) is 0 Å². The van der Waals surface area contributed by atoms with E-state index in [1.54, 1.807) is 0 Å². The largest absolute Gasteiger partial charge is 0.394 e. The molecule has 4 atom stereocenters. The summed E-state index contributed by atoms with van der Waals surface area (Å²) in [7, 11) is 0. The van der Waals surface area contributed by atoms with E-state index in [-0.39, 0.29) is 0 Å². The van der Waals surface area contributed by atoms with E-state index in [9.17, 15) is 14.7 Å². The Hall–Kier alpha value is -0.860. The highest BCUT2D eigenvalue weighted by molar-refractivity contribution is 5.93. The molecule has 0 bridgehead atoms. The maximum Gasteiger partial charge on any atom is 0.171 e. The summed E-state index contributed by atoms with van der Waals surface area (Å²) in [5.74, 6) is -1.14. The Labute approximate surface area is 87.0 Å². The van der Waals surface area contributed by atoms with Crippen molar-refractivity contribution in [2.24, 2.45) is 0 Å². The van der Waals surface area contributed by atoms with Crippen molar-refractivity contribution < 1.29 is 36.5 Å². The second kappa shape index (κ2) is 6.59. The molecule has 15 heavy (non-hydrogen) atoms. The van der Waals surface area contributed by atoms with E-state index in [1.807, 2.05) is 0 Å². The van der Waals surface area contributed by atoms with Gasteiger partial charge in [-0.05, 0) is 0 Å².